The van der Waals surface area contributed by atoms with Crippen LogP contribution in [0.1, 0.15) is 72.6 Å². The SMILES string of the molecule is CCCC[P+](CCC)(CCCC)CCCC.[Cl-]. The first-order valence-electron chi connectivity index (χ1n) is 7.59. The molecule has 0 aromatic rings. The molecule has 0 saturated heterocycles. The van der Waals surface area contributed by atoms with Gasteiger partial charge in [-0.2, -0.15) is 0 Å². The molecule has 0 spiro atoms. The van der Waals surface area contributed by atoms with Crippen LogP contribution in [-0.4, -0.2) is 24.6 Å². The molecule has 0 aliphatic rings. The van der Waals surface area contributed by atoms with Crippen LogP contribution in [-0.2, 0) is 0 Å². The Morgan fingerprint density at radius 2 is 0.882 bits per heavy atom. The molecule has 0 saturated carbocycles. The summed E-state index contributed by atoms with van der Waals surface area (Å²) in [6.45, 7) is 9.43. The van der Waals surface area contributed by atoms with Gasteiger partial charge in [-0.25, -0.2) is 0 Å². The Morgan fingerprint density at radius 3 is 1.12 bits per heavy atom. The third-order valence-corrected chi connectivity index (χ3v) is 8.85. The summed E-state index contributed by atoms with van der Waals surface area (Å²) < 4.78 is 0. The summed E-state index contributed by atoms with van der Waals surface area (Å²) in [5.41, 5.74) is 0. The molecule has 0 amide bonds. The van der Waals surface area contributed by atoms with Gasteiger partial charge >= 0.3 is 0 Å². The number of hydrogen-bond donors (Lipinski definition) is 0. The molecule has 17 heavy (non-hydrogen) atoms. The van der Waals surface area contributed by atoms with Gasteiger partial charge in [0, 0.05) is 7.26 Å². The van der Waals surface area contributed by atoms with E-state index in [0.29, 0.717) is 0 Å². The molecule has 0 atom stereocenters. The summed E-state index contributed by atoms with van der Waals surface area (Å²) >= 11 is 0. The highest BCUT2D eigenvalue weighted by Crippen LogP contribution is 2.61. The quantitative estimate of drug-likeness (QED) is 0.511. The Hall–Kier alpha value is 0.720. The fourth-order valence-corrected chi connectivity index (χ4v) is 7.88. The number of hydrogen-bond acceptors (Lipinski definition) is 0. The van der Waals surface area contributed by atoms with Gasteiger partial charge in [0.25, 0.3) is 0 Å². The average Bonchev–Trinajstić information content (AvgIpc) is 2.31. The monoisotopic (exact) mass is 280 g/mol. The van der Waals surface area contributed by atoms with Gasteiger partial charge in [-0.15, -0.1) is 0 Å². The molecule has 0 aromatic carbocycles. The van der Waals surface area contributed by atoms with Crippen LogP contribution in [0.3, 0.4) is 0 Å². The van der Waals surface area contributed by atoms with Crippen molar-refractivity contribution in [3.05, 3.63) is 0 Å². The lowest BCUT2D eigenvalue weighted by Gasteiger charge is -2.27. The maximum Gasteiger partial charge on any atom is 0.0594 e. The van der Waals surface area contributed by atoms with Crippen molar-refractivity contribution in [2.75, 3.05) is 24.6 Å². The molecule has 0 bridgehead atoms. The molecule has 0 rings (SSSR count). The molecule has 0 aromatic heterocycles. The van der Waals surface area contributed by atoms with Gasteiger partial charge in [0.2, 0.25) is 0 Å². The lowest BCUT2D eigenvalue weighted by Crippen LogP contribution is -3.00. The molecule has 0 heterocycles. The van der Waals surface area contributed by atoms with Crippen molar-refractivity contribution in [2.24, 2.45) is 0 Å². The summed E-state index contributed by atoms with van der Waals surface area (Å²) in [5.74, 6) is 0. The highest BCUT2D eigenvalue weighted by Gasteiger charge is 2.33. The first kappa shape index (κ1) is 20.0. The summed E-state index contributed by atoms with van der Waals surface area (Å²) in [6, 6.07) is 0. The second kappa shape index (κ2) is 13.2. The molecule has 0 radical (unpaired) electrons. The van der Waals surface area contributed by atoms with E-state index in [1.54, 1.807) is 24.6 Å². The summed E-state index contributed by atoms with van der Waals surface area (Å²) in [5, 5.41) is 0. The molecule has 0 N–H and O–H groups in total. The van der Waals surface area contributed by atoms with Crippen molar-refractivity contribution in [3.63, 3.8) is 0 Å². The fourth-order valence-electron chi connectivity index (χ4n) is 2.63. The van der Waals surface area contributed by atoms with Gasteiger partial charge < -0.3 is 12.4 Å². The van der Waals surface area contributed by atoms with Gasteiger partial charge in [-0.1, -0.05) is 47.0 Å². The van der Waals surface area contributed by atoms with E-state index in [2.05, 4.69) is 27.7 Å². The van der Waals surface area contributed by atoms with E-state index in [-0.39, 0.29) is 12.4 Å². The number of rotatable bonds is 11. The Labute approximate surface area is 117 Å². The first-order chi connectivity index (χ1) is 7.74. The van der Waals surface area contributed by atoms with Crippen LogP contribution in [0.25, 0.3) is 0 Å². The van der Waals surface area contributed by atoms with E-state index in [9.17, 15) is 0 Å². The van der Waals surface area contributed by atoms with Crippen LogP contribution in [0.4, 0.5) is 0 Å². The molecule has 0 nitrogen and oxygen atoms in total. The van der Waals surface area contributed by atoms with Crippen molar-refractivity contribution >= 4 is 7.26 Å². The molecular formula is C15H34ClP. The molecule has 0 aliphatic carbocycles. The van der Waals surface area contributed by atoms with Crippen LogP contribution >= 0.6 is 7.26 Å². The predicted octanol–water partition coefficient (Wildman–Crippen LogP) is 2.82. The van der Waals surface area contributed by atoms with Crippen LogP contribution in [0.2, 0.25) is 0 Å². The van der Waals surface area contributed by atoms with E-state index >= 15 is 0 Å². The van der Waals surface area contributed by atoms with Crippen molar-refractivity contribution in [2.45, 2.75) is 72.6 Å². The lowest BCUT2D eigenvalue weighted by molar-refractivity contribution is -0.00000381. The molecule has 0 aliphatic heterocycles. The van der Waals surface area contributed by atoms with Crippen molar-refractivity contribution in [3.8, 4) is 0 Å². The Bertz CT molecular complexity index is 126. The largest absolute Gasteiger partial charge is 1.00 e. The minimum atomic E-state index is -0.546. The van der Waals surface area contributed by atoms with Gasteiger partial charge in [-0.3, -0.25) is 0 Å². The Balaban J connectivity index is 0. The Kier molecular flexibility index (Phi) is 15.5. The predicted molar refractivity (Wildman–Crippen MR) is 81.4 cm³/mol. The van der Waals surface area contributed by atoms with E-state index in [1.807, 2.05) is 0 Å². The minimum Gasteiger partial charge on any atom is -1.00 e. The van der Waals surface area contributed by atoms with E-state index in [0.717, 1.165) is 0 Å². The lowest BCUT2D eigenvalue weighted by atomic mass is 10.4. The van der Waals surface area contributed by atoms with E-state index in [1.165, 1.54) is 44.9 Å². The standard InChI is InChI=1S/C15H34P.ClH/c1-5-9-13-16(12-8-4,14-10-6-2)15-11-7-3;/h5-15H2,1-4H3;1H/q+1;/p-1. The number of unbranched alkanes of at least 4 members (excludes halogenated alkanes) is 3. The zero-order valence-corrected chi connectivity index (χ0v) is 14.3. The Morgan fingerprint density at radius 1 is 0.529 bits per heavy atom. The third kappa shape index (κ3) is 9.32. The molecular weight excluding hydrogens is 247 g/mol. The van der Waals surface area contributed by atoms with Crippen molar-refractivity contribution in [1.29, 1.82) is 0 Å². The van der Waals surface area contributed by atoms with Crippen molar-refractivity contribution < 1.29 is 12.4 Å². The van der Waals surface area contributed by atoms with Gasteiger partial charge in [0.15, 0.2) is 0 Å². The van der Waals surface area contributed by atoms with Crippen LogP contribution in [0.15, 0.2) is 0 Å². The molecule has 0 unspecified atom stereocenters. The summed E-state index contributed by atoms with van der Waals surface area (Å²) in [4.78, 5) is 0. The number of halogens is 1. The topological polar surface area (TPSA) is 0 Å². The third-order valence-electron chi connectivity index (χ3n) is 3.66. The highest BCUT2D eigenvalue weighted by atomic mass is 35.5. The first-order valence-corrected chi connectivity index (χ1v) is 10.1. The zero-order chi connectivity index (χ0) is 12.3. The minimum absolute atomic E-state index is 0. The normalized spacial score (nSPS) is 11.3. The van der Waals surface area contributed by atoms with Crippen LogP contribution in [0, 0.1) is 0 Å². The average molecular weight is 281 g/mol. The maximum atomic E-state index is 2.39. The van der Waals surface area contributed by atoms with Crippen molar-refractivity contribution in [1.82, 2.24) is 0 Å². The second-order valence-corrected chi connectivity index (χ2v) is 9.77. The fraction of sp³-hybridized carbons (Fsp3) is 1.00. The van der Waals surface area contributed by atoms with Crippen LogP contribution in [0.5, 0.6) is 0 Å². The molecule has 0 fully saturated rings. The summed E-state index contributed by atoms with van der Waals surface area (Å²) in [7, 11) is -0.546. The van der Waals surface area contributed by atoms with Gasteiger partial charge in [0.05, 0.1) is 24.6 Å². The maximum absolute atomic E-state index is 2.39. The van der Waals surface area contributed by atoms with E-state index in [4.69, 9.17) is 0 Å². The van der Waals surface area contributed by atoms with Crippen LogP contribution < -0.4 is 12.4 Å². The second-order valence-electron chi connectivity index (χ2n) is 5.30. The molecule has 2 heteroatoms. The smallest absolute Gasteiger partial charge is 0.0594 e. The summed E-state index contributed by atoms with van der Waals surface area (Å²) in [6.07, 6.45) is 16.4. The highest BCUT2D eigenvalue weighted by molar-refractivity contribution is 7.75. The van der Waals surface area contributed by atoms with Gasteiger partial charge in [0.1, 0.15) is 0 Å². The van der Waals surface area contributed by atoms with E-state index < -0.39 is 7.26 Å². The van der Waals surface area contributed by atoms with Gasteiger partial charge in [-0.05, 0) is 25.7 Å². The molecule has 106 valence electrons. The zero-order valence-electron chi connectivity index (χ0n) is 12.6.